The number of carbonyl (C=O) groups excluding carboxylic acids is 1. The minimum atomic E-state index is -0.541. The van der Waals surface area contributed by atoms with Gasteiger partial charge in [0.25, 0.3) is 0 Å². The lowest BCUT2D eigenvalue weighted by Crippen LogP contribution is -2.32. The van der Waals surface area contributed by atoms with Crippen LogP contribution in [-0.2, 0) is 16.1 Å². The SMILES string of the molecule is CCOC(=O)CCC1(C)C=Cc2cc(OCc3ccc(C(=N)N)cc3)ccc2O1. The van der Waals surface area contributed by atoms with Crippen LogP contribution >= 0.6 is 0 Å². The fraction of sp³-hybridized carbons (Fsp3) is 0.304. The monoisotopic (exact) mass is 394 g/mol. The van der Waals surface area contributed by atoms with Crippen LogP contribution in [0.2, 0.25) is 0 Å². The summed E-state index contributed by atoms with van der Waals surface area (Å²) in [6.07, 6.45) is 4.83. The molecule has 0 aliphatic carbocycles. The average molecular weight is 394 g/mol. The molecule has 0 saturated heterocycles. The summed E-state index contributed by atoms with van der Waals surface area (Å²) in [4.78, 5) is 11.6. The maximum Gasteiger partial charge on any atom is 0.305 e. The van der Waals surface area contributed by atoms with Crippen molar-refractivity contribution in [2.24, 2.45) is 5.73 Å². The van der Waals surface area contributed by atoms with Crippen LogP contribution in [-0.4, -0.2) is 24.0 Å². The molecule has 152 valence electrons. The number of fused-ring (bicyclic) bond motifs is 1. The Bertz CT molecular complexity index is 921. The lowest BCUT2D eigenvalue weighted by molar-refractivity contribution is -0.143. The molecule has 1 unspecified atom stereocenters. The molecule has 1 aliphatic rings. The van der Waals surface area contributed by atoms with Gasteiger partial charge in [0, 0.05) is 24.0 Å². The van der Waals surface area contributed by atoms with Crippen LogP contribution in [0.15, 0.2) is 48.5 Å². The first-order valence-corrected chi connectivity index (χ1v) is 9.62. The quantitative estimate of drug-likeness (QED) is 0.400. The Labute approximate surface area is 170 Å². The minimum absolute atomic E-state index is 0.0493. The van der Waals surface area contributed by atoms with Gasteiger partial charge in [-0.05, 0) is 43.7 Å². The van der Waals surface area contributed by atoms with Crippen LogP contribution in [0.4, 0.5) is 0 Å². The van der Waals surface area contributed by atoms with E-state index in [4.69, 9.17) is 25.4 Å². The maximum absolute atomic E-state index is 11.6. The third kappa shape index (κ3) is 5.38. The van der Waals surface area contributed by atoms with Crippen molar-refractivity contribution in [3.63, 3.8) is 0 Å². The summed E-state index contributed by atoms with van der Waals surface area (Å²) in [5.41, 5.74) is 7.55. The molecule has 2 aromatic rings. The molecule has 0 amide bonds. The Morgan fingerprint density at radius 1 is 1.21 bits per heavy atom. The molecule has 0 fully saturated rings. The first-order chi connectivity index (χ1) is 13.9. The molecule has 1 atom stereocenters. The molecule has 0 aromatic heterocycles. The van der Waals surface area contributed by atoms with E-state index in [1.54, 1.807) is 6.92 Å². The molecule has 6 heteroatoms. The van der Waals surface area contributed by atoms with Crippen LogP contribution in [0, 0.1) is 5.41 Å². The molecular formula is C23H26N2O4. The number of nitrogens with one attached hydrogen (secondary N) is 1. The number of benzene rings is 2. The molecular weight excluding hydrogens is 368 g/mol. The molecule has 29 heavy (non-hydrogen) atoms. The van der Waals surface area contributed by atoms with E-state index in [2.05, 4.69) is 0 Å². The third-order valence-electron chi connectivity index (χ3n) is 4.74. The maximum atomic E-state index is 11.6. The van der Waals surface area contributed by atoms with E-state index in [9.17, 15) is 4.79 Å². The van der Waals surface area contributed by atoms with Gasteiger partial charge in [-0.25, -0.2) is 0 Å². The topological polar surface area (TPSA) is 94.6 Å². The molecule has 0 bridgehead atoms. The number of hydrogen-bond donors (Lipinski definition) is 2. The van der Waals surface area contributed by atoms with Gasteiger partial charge in [0.1, 0.15) is 29.5 Å². The van der Waals surface area contributed by atoms with Crippen molar-refractivity contribution in [1.82, 2.24) is 0 Å². The molecule has 3 N–H and O–H groups in total. The Kier molecular flexibility index (Phi) is 6.22. The van der Waals surface area contributed by atoms with E-state index in [0.717, 1.165) is 22.6 Å². The zero-order chi connectivity index (χ0) is 20.9. The van der Waals surface area contributed by atoms with Crippen molar-refractivity contribution < 1.29 is 19.0 Å². The van der Waals surface area contributed by atoms with E-state index < -0.39 is 5.60 Å². The zero-order valence-electron chi connectivity index (χ0n) is 16.7. The highest BCUT2D eigenvalue weighted by Crippen LogP contribution is 2.35. The van der Waals surface area contributed by atoms with Crippen molar-refractivity contribution in [3.05, 3.63) is 65.2 Å². The number of amidine groups is 1. The third-order valence-corrected chi connectivity index (χ3v) is 4.74. The predicted octanol–water partition coefficient (Wildman–Crippen LogP) is 4.06. The molecule has 1 aliphatic heterocycles. The lowest BCUT2D eigenvalue weighted by atomic mass is 9.95. The minimum Gasteiger partial charge on any atom is -0.489 e. The van der Waals surface area contributed by atoms with Gasteiger partial charge in [-0.2, -0.15) is 0 Å². The zero-order valence-corrected chi connectivity index (χ0v) is 16.7. The number of ether oxygens (including phenoxy) is 3. The number of rotatable bonds is 8. The number of nitrogen functional groups attached to an aromatic ring is 1. The molecule has 0 saturated carbocycles. The van der Waals surface area contributed by atoms with Crippen LogP contribution in [0.25, 0.3) is 6.08 Å². The molecule has 1 heterocycles. The smallest absolute Gasteiger partial charge is 0.305 e. The normalized spacial score (nSPS) is 17.2. The summed E-state index contributed by atoms with van der Waals surface area (Å²) >= 11 is 0. The number of nitrogens with two attached hydrogens (primary N) is 1. The summed E-state index contributed by atoms with van der Waals surface area (Å²) in [5, 5.41) is 7.43. The van der Waals surface area contributed by atoms with Crippen molar-refractivity contribution in [2.75, 3.05) is 6.61 Å². The van der Waals surface area contributed by atoms with Crippen molar-refractivity contribution in [1.29, 1.82) is 5.41 Å². The second-order valence-corrected chi connectivity index (χ2v) is 7.15. The molecule has 0 spiro atoms. The fourth-order valence-corrected chi connectivity index (χ4v) is 3.06. The fourth-order valence-electron chi connectivity index (χ4n) is 3.06. The van der Waals surface area contributed by atoms with Crippen LogP contribution in [0.1, 0.15) is 43.4 Å². The molecule has 6 nitrogen and oxygen atoms in total. The van der Waals surface area contributed by atoms with E-state index >= 15 is 0 Å². The van der Waals surface area contributed by atoms with Crippen LogP contribution < -0.4 is 15.2 Å². The summed E-state index contributed by atoms with van der Waals surface area (Å²) in [5.74, 6) is 1.34. The summed E-state index contributed by atoms with van der Waals surface area (Å²) in [7, 11) is 0. The average Bonchev–Trinajstić information content (AvgIpc) is 2.71. The van der Waals surface area contributed by atoms with E-state index in [1.807, 2.05) is 61.5 Å². The van der Waals surface area contributed by atoms with Crippen molar-refractivity contribution >= 4 is 17.9 Å². The first kappa shape index (κ1) is 20.5. The van der Waals surface area contributed by atoms with Gasteiger partial charge in [0.2, 0.25) is 0 Å². The highest BCUT2D eigenvalue weighted by atomic mass is 16.5. The summed E-state index contributed by atoms with van der Waals surface area (Å²) in [6.45, 7) is 4.56. The first-order valence-electron chi connectivity index (χ1n) is 9.62. The Morgan fingerprint density at radius 2 is 1.97 bits per heavy atom. The predicted molar refractivity (Wildman–Crippen MR) is 112 cm³/mol. The largest absolute Gasteiger partial charge is 0.489 e. The highest BCUT2D eigenvalue weighted by molar-refractivity contribution is 5.94. The highest BCUT2D eigenvalue weighted by Gasteiger charge is 2.28. The second-order valence-electron chi connectivity index (χ2n) is 7.15. The van der Waals surface area contributed by atoms with Gasteiger partial charge in [-0.15, -0.1) is 0 Å². The second kappa shape index (κ2) is 8.82. The number of hydrogen-bond acceptors (Lipinski definition) is 5. The van der Waals surface area contributed by atoms with Crippen molar-refractivity contribution in [3.8, 4) is 11.5 Å². The summed E-state index contributed by atoms with van der Waals surface area (Å²) in [6, 6.07) is 13.1. The Hall–Kier alpha value is -3.28. The Balaban J connectivity index is 1.60. The Morgan fingerprint density at radius 3 is 2.66 bits per heavy atom. The van der Waals surface area contributed by atoms with Crippen LogP contribution in [0.3, 0.4) is 0 Å². The van der Waals surface area contributed by atoms with Gasteiger partial charge in [-0.3, -0.25) is 10.2 Å². The lowest BCUT2D eigenvalue weighted by Gasteiger charge is -2.31. The molecule has 2 aromatic carbocycles. The van der Waals surface area contributed by atoms with E-state index in [-0.39, 0.29) is 11.8 Å². The van der Waals surface area contributed by atoms with Crippen molar-refractivity contribution in [2.45, 2.75) is 38.9 Å². The molecule has 3 rings (SSSR count). The summed E-state index contributed by atoms with van der Waals surface area (Å²) < 4.78 is 17.0. The van der Waals surface area contributed by atoms with E-state index in [1.165, 1.54) is 0 Å². The van der Waals surface area contributed by atoms with Gasteiger partial charge >= 0.3 is 5.97 Å². The van der Waals surface area contributed by atoms with Gasteiger partial charge < -0.3 is 19.9 Å². The standard InChI is InChI=1S/C23H26N2O4/c1-3-27-21(26)11-13-23(2)12-10-18-14-19(8-9-20(18)29-23)28-15-16-4-6-17(7-5-16)22(24)25/h4-10,12,14H,3,11,13,15H2,1-2H3,(H3,24,25). The van der Waals surface area contributed by atoms with Crippen LogP contribution in [0.5, 0.6) is 11.5 Å². The van der Waals surface area contributed by atoms with Gasteiger partial charge in [0.05, 0.1) is 6.61 Å². The molecule has 0 radical (unpaired) electrons. The number of esters is 1. The van der Waals surface area contributed by atoms with E-state index in [0.29, 0.717) is 31.6 Å². The van der Waals surface area contributed by atoms with Gasteiger partial charge in [-0.1, -0.05) is 30.3 Å². The number of carbonyl (C=O) groups is 1. The van der Waals surface area contributed by atoms with Gasteiger partial charge in [0.15, 0.2) is 0 Å².